The smallest absolute Gasteiger partial charge is 0.261 e. The van der Waals surface area contributed by atoms with E-state index in [9.17, 15) is 8.42 Å². The fourth-order valence-electron chi connectivity index (χ4n) is 2.04. The molecule has 0 aliphatic carbocycles. The van der Waals surface area contributed by atoms with Gasteiger partial charge in [-0.25, -0.2) is 8.42 Å². The van der Waals surface area contributed by atoms with Crippen LogP contribution in [0.5, 0.6) is 5.75 Å². The molecule has 0 unspecified atom stereocenters. The number of rotatable bonds is 7. The van der Waals surface area contributed by atoms with E-state index in [0.717, 1.165) is 0 Å². The number of nitrogen functional groups attached to an aromatic ring is 1. The van der Waals surface area contributed by atoms with Crippen LogP contribution >= 0.6 is 23.2 Å². The van der Waals surface area contributed by atoms with Gasteiger partial charge in [-0.3, -0.25) is 4.72 Å². The Bertz CT molecular complexity index is 849. The number of hydrogen-bond acceptors (Lipinski definition) is 5. The summed E-state index contributed by atoms with van der Waals surface area (Å²) in [6.07, 6.45) is 0. The molecule has 0 aliphatic heterocycles. The van der Waals surface area contributed by atoms with E-state index in [1.54, 1.807) is 20.1 Å². The standard InChI is InChI=1S/C16H18Cl2N2O4S/c1-10-7-12(3-4-15(10)24-6-5-23-2)25(21,22)20-11-8-13(17)16(19)14(18)9-11/h3-4,7-9,20H,5-6,19H2,1-2H3. The molecule has 0 spiro atoms. The monoisotopic (exact) mass is 404 g/mol. The summed E-state index contributed by atoms with van der Waals surface area (Å²) in [5, 5.41) is 0.339. The topological polar surface area (TPSA) is 90.6 Å². The van der Waals surface area contributed by atoms with Crippen LogP contribution in [-0.4, -0.2) is 28.7 Å². The van der Waals surface area contributed by atoms with Gasteiger partial charge in [0.2, 0.25) is 0 Å². The predicted molar refractivity (Wildman–Crippen MR) is 100 cm³/mol. The van der Waals surface area contributed by atoms with Gasteiger partial charge in [-0.15, -0.1) is 0 Å². The third kappa shape index (κ3) is 4.92. The van der Waals surface area contributed by atoms with Crippen molar-refractivity contribution >= 4 is 44.6 Å². The molecule has 0 saturated heterocycles. The van der Waals surface area contributed by atoms with Crippen molar-refractivity contribution in [3.8, 4) is 5.75 Å². The lowest BCUT2D eigenvalue weighted by Gasteiger charge is -2.13. The molecule has 2 aromatic rings. The molecule has 0 aliphatic rings. The third-order valence-electron chi connectivity index (χ3n) is 3.33. The van der Waals surface area contributed by atoms with Gasteiger partial charge in [-0.2, -0.15) is 0 Å². The summed E-state index contributed by atoms with van der Waals surface area (Å²) in [6, 6.07) is 7.37. The quantitative estimate of drug-likeness (QED) is 0.541. The summed E-state index contributed by atoms with van der Waals surface area (Å²) in [6.45, 7) is 2.59. The van der Waals surface area contributed by atoms with Gasteiger partial charge in [0.15, 0.2) is 0 Å². The van der Waals surface area contributed by atoms with Crippen LogP contribution in [-0.2, 0) is 14.8 Å². The fourth-order valence-corrected chi connectivity index (χ4v) is 3.66. The van der Waals surface area contributed by atoms with Gasteiger partial charge in [-0.1, -0.05) is 23.2 Å². The number of nitrogens with two attached hydrogens (primary N) is 1. The number of methoxy groups -OCH3 is 1. The van der Waals surface area contributed by atoms with Crippen molar-refractivity contribution in [2.24, 2.45) is 0 Å². The van der Waals surface area contributed by atoms with E-state index in [-0.39, 0.29) is 26.3 Å². The number of anilines is 2. The highest BCUT2D eigenvalue weighted by Gasteiger charge is 2.17. The molecule has 0 bridgehead atoms. The van der Waals surface area contributed by atoms with Crippen LogP contribution in [0.1, 0.15) is 5.56 Å². The van der Waals surface area contributed by atoms with Crippen LogP contribution in [0.15, 0.2) is 35.2 Å². The number of sulfonamides is 1. The summed E-state index contributed by atoms with van der Waals surface area (Å²) in [4.78, 5) is 0.0909. The summed E-state index contributed by atoms with van der Waals surface area (Å²) >= 11 is 11.9. The summed E-state index contributed by atoms with van der Waals surface area (Å²) in [5.74, 6) is 0.592. The van der Waals surface area contributed by atoms with E-state index in [4.69, 9.17) is 38.4 Å². The average molecular weight is 405 g/mol. The van der Waals surface area contributed by atoms with E-state index in [1.807, 2.05) is 0 Å². The van der Waals surface area contributed by atoms with E-state index in [2.05, 4.69) is 4.72 Å². The zero-order valence-corrected chi connectivity index (χ0v) is 16.0. The number of aryl methyl sites for hydroxylation is 1. The van der Waals surface area contributed by atoms with Crippen LogP contribution in [0.4, 0.5) is 11.4 Å². The lowest BCUT2D eigenvalue weighted by atomic mass is 10.2. The average Bonchev–Trinajstić information content (AvgIpc) is 2.53. The van der Waals surface area contributed by atoms with Gasteiger partial charge in [0.25, 0.3) is 10.0 Å². The second-order valence-corrected chi connectivity index (χ2v) is 7.72. The second-order valence-electron chi connectivity index (χ2n) is 5.23. The van der Waals surface area contributed by atoms with E-state index in [1.165, 1.54) is 24.3 Å². The first-order valence-electron chi connectivity index (χ1n) is 7.24. The number of benzene rings is 2. The number of halogens is 2. The van der Waals surface area contributed by atoms with Crippen LogP contribution in [0, 0.1) is 6.92 Å². The molecule has 0 saturated carbocycles. The number of hydrogen-bond donors (Lipinski definition) is 2. The van der Waals surface area contributed by atoms with Crippen molar-refractivity contribution in [2.45, 2.75) is 11.8 Å². The first-order valence-corrected chi connectivity index (χ1v) is 9.48. The summed E-state index contributed by atoms with van der Waals surface area (Å²) in [7, 11) is -2.24. The zero-order chi connectivity index (χ0) is 18.6. The normalized spacial score (nSPS) is 11.4. The van der Waals surface area contributed by atoms with E-state index >= 15 is 0 Å². The van der Waals surface area contributed by atoms with Gasteiger partial charge >= 0.3 is 0 Å². The minimum Gasteiger partial charge on any atom is -0.491 e. The Morgan fingerprint density at radius 1 is 1.12 bits per heavy atom. The van der Waals surface area contributed by atoms with Crippen molar-refractivity contribution in [1.82, 2.24) is 0 Å². The maximum Gasteiger partial charge on any atom is 0.261 e. The summed E-state index contributed by atoms with van der Waals surface area (Å²) < 4.78 is 37.9. The largest absolute Gasteiger partial charge is 0.491 e. The van der Waals surface area contributed by atoms with Gasteiger partial charge < -0.3 is 15.2 Å². The van der Waals surface area contributed by atoms with Crippen LogP contribution in [0.3, 0.4) is 0 Å². The van der Waals surface area contributed by atoms with Gasteiger partial charge in [0.05, 0.1) is 32.9 Å². The Kier molecular flexibility index (Phi) is 6.40. The Hall–Kier alpha value is -1.67. The molecular weight excluding hydrogens is 387 g/mol. The second kappa shape index (κ2) is 8.14. The molecule has 0 amide bonds. The molecule has 6 nitrogen and oxygen atoms in total. The molecule has 0 radical (unpaired) electrons. The molecule has 0 aromatic heterocycles. The zero-order valence-electron chi connectivity index (χ0n) is 13.7. The van der Waals surface area contributed by atoms with Crippen molar-refractivity contribution in [3.05, 3.63) is 45.9 Å². The van der Waals surface area contributed by atoms with E-state index < -0.39 is 10.0 Å². The van der Waals surface area contributed by atoms with Gasteiger partial charge in [0.1, 0.15) is 12.4 Å². The lowest BCUT2D eigenvalue weighted by molar-refractivity contribution is 0.146. The Morgan fingerprint density at radius 3 is 2.32 bits per heavy atom. The molecule has 2 aromatic carbocycles. The highest BCUT2D eigenvalue weighted by atomic mass is 35.5. The minimum atomic E-state index is -3.81. The van der Waals surface area contributed by atoms with Crippen molar-refractivity contribution in [3.63, 3.8) is 0 Å². The maximum absolute atomic E-state index is 12.5. The molecular formula is C16H18Cl2N2O4S. The highest BCUT2D eigenvalue weighted by Crippen LogP contribution is 2.32. The van der Waals surface area contributed by atoms with Crippen LogP contribution in [0.25, 0.3) is 0 Å². The molecule has 0 heterocycles. The van der Waals surface area contributed by atoms with Crippen LogP contribution < -0.4 is 15.2 Å². The Morgan fingerprint density at radius 2 is 1.76 bits per heavy atom. The molecule has 25 heavy (non-hydrogen) atoms. The number of nitrogens with one attached hydrogen (secondary N) is 1. The van der Waals surface area contributed by atoms with Gasteiger partial charge in [-0.05, 0) is 42.8 Å². The number of ether oxygens (including phenoxy) is 2. The first kappa shape index (κ1) is 19.7. The van der Waals surface area contributed by atoms with Crippen molar-refractivity contribution < 1.29 is 17.9 Å². The summed E-state index contributed by atoms with van der Waals surface area (Å²) in [5.41, 5.74) is 6.75. The highest BCUT2D eigenvalue weighted by molar-refractivity contribution is 7.92. The predicted octanol–water partition coefficient (Wildman–Crippen LogP) is 3.71. The Balaban J connectivity index is 2.23. The SMILES string of the molecule is COCCOc1ccc(S(=O)(=O)Nc2cc(Cl)c(N)c(Cl)c2)cc1C. The van der Waals surface area contributed by atoms with E-state index in [0.29, 0.717) is 24.5 Å². The molecule has 9 heteroatoms. The molecule has 0 fully saturated rings. The molecule has 0 atom stereocenters. The first-order chi connectivity index (χ1) is 11.7. The van der Waals surface area contributed by atoms with Gasteiger partial charge in [0, 0.05) is 7.11 Å². The minimum absolute atomic E-state index is 0.0909. The fraction of sp³-hybridized carbons (Fsp3) is 0.250. The molecule has 2 rings (SSSR count). The molecule has 3 N–H and O–H groups in total. The molecule has 136 valence electrons. The third-order valence-corrected chi connectivity index (χ3v) is 5.34. The van der Waals surface area contributed by atoms with Crippen LogP contribution in [0.2, 0.25) is 10.0 Å². The lowest BCUT2D eigenvalue weighted by Crippen LogP contribution is -2.13. The van der Waals surface area contributed by atoms with Crippen molar-refractivity contribution in [2.75, 3.05) is 30.8 Å². The Labute approximate surface area is 156 Å². The maximum atomic E-state index is 12.5. The van der Waals surface area contributed by atoms with Crippen molar-refractivity contribution in [1.29, 1.82) is 0 Å².